The zero-order valence-corrected chi connectivity index (χ0v) is 12.1. The van der Waals surface area contributed by atoms with Crippen LogP contribution in [0.4, 0.5) is 0 Å². The average molecular weight is 300 g/mol. The van der Waals surface area contributed by atoms with Crippen LogP contribution in [-0.4, -0.2) is 30.7 Å². The van der Waals surface area contributed by atoms with Crippen molar-refractivity contribution in [3.8, 4) is 5.75 Å². The molecule has 0 unspecified atom stereocenters. The third-order valence-corrected chi connectivity index (χ3v) is 6.22. The van der Waals surface area contributed by atoms with E-state index in [9.17, 15) is 4.79 Å². The quantitative estimate of drug-likeness (QED) is 0.620. The van der Waals surface area contributed by atoms with E-state index in [0.717, 1.165) is 3.71 Å². The first-order valence-electron chi connectivity index (χ1n) is 4.80. The van der Waals surface area contributed by atoms with Crippen LogP contribution < -0.4 is 8.45 Å². The van der Waals surface area contributed by atoms with Crippen molar-refractivity contribution >= 4 is 29.4 Å². The topological polar surface area (TPSA) is 39.2 Å². The number of esters is 1. The molecule has 0 N–H and O–H groups in total. The summed E-state index contributed by atoms with van der Waals surface area (Å²) in [5.74, 6) is 0.483. The standard InChI is InChI=1S/C8H8NO2.2CH3.Sn.H/c1-2-8(10)11-7-4-3-5-9-6-7;;;;/h3-5H,2H2,1H3;2*1H3;;. The first-order chi connectivity index (χ1) is 6.65. The van der Waals surface area contributed by atoms with Gasteiger partial charge < -0.3 is 0 Å². The summed E-state index contributed by atoms with van der Waals surface area (Å²) in [6.45, 7) is 1.79. The van der Waals surface area contributed by atoms with Gasteiger partial charge in [0, 0.05) is 0 Å². The van der Waals surface area contributed by atoms with Crippen LogP contribution in [0, 0.1) is 0 Å². The second-order valence-electron chi connectivity index (χ2n) is 3.37. The molecule has 1 heterocycles. The van der Waals surface area contributed by atoms with Crippen molar-refractivity contribution in [2.75, 3.05) is 0 Å². The molecule has 1 aromatic heterocycles. The van der Waals surface area contributed by atoms with Gasteiger partial charge in [-0.25, -0.2) is 0 Å². The van der Waals surface area contributed by atoms with Crippen LogP contribution in [0.15, 0.2) is 18.3 Å². The summed E-state index contributed by atoms with van der Waals surface area (Å²) in [6, 6.07) is 3.63. The fraction of sp³-hybridized carbons (Fsp3) is 0.400. The fourth-order valence-corrected chi connectivity index (χ4v) is 4.28. The SMILES string of the molecule is CCC(=O)Oc1cccn[c]1[SnH]([CH3])[CH3]. The van der Waals surface area contributed by atoms with Crippen molar-refractivity contribution in [2.24, 2.45) is 0 Å². The Bertz CT molecular complexity index is 326. The molecule has 1 rings (SSSR count). The van der Waals surface area contributed by atoms with E-state index >= 15 is 0 Å². The molecule has 14 heavy (non-hydrogen) atoms. The summed E-state index contributed by atoms with van der Waals surface area (Å²) in [6.07, 6.45) is 2.16. The molecular formula is C10H15NO2Sn. The monoisotopic (exact) mass is 301 g/mol. The Morgan fingerprint density at radius 1 is 1.57 bits per heavy atom. The molecule has 0 aliphatic rings. The van der Waals surface area contributed by atoms with Crippen LogP contribution in [0.2, 0.25) is 9.88 Å². The number of carbonyl (C=O) groups excluding carboxylic acids is 1. The average Bonchev–Trinajstić information content (AvgIpc) is 2.18. The van der Waals surface area contributed by atoms with Crippen LogP contribution in [0.5, 0.6) is 5.75 Å². The van der Waals surface area contributed by atoms with Crippen molar-refractivity contribution in [3.05, 3.63) is 18.3 Å². The van der Waals surface area contributed by atoms with Crippen molar-refractivity contribution in [3.63, 3.8) is 0 Å². The molecule has 3 nitrogen and oxygen atoms in total. The summed E-state index contributed by atoms with van der Waals surface area (Å²) in [5, 5.41) is 0. The van der Waals surface area contributed by atoms with E-state index in [4.69, 9.17) is 4.74 Å². The molecule has 0 aromatic carbocycles. The van der Waals surface area contributed by atoms with Gasteiger partial charge in [0.1, 0.15) is 0 Å². The number of aromatic nitrogens is 1. The first-order valence-corrected chi connectivity index (χ1v) is 13.0. The Kier molecular flexibility index (Phi) is 4.38. The van der Waals surface area contributed by atoms with Crippen LogP contribution in [0.3, 0.4) is 0 Å². The van der Waals surface area contributed by atoms with Crippen molar-refractivity contribution < 1.29 is 9.53 Å². The zero-order valence-electron chi connectivity index (χ0n) is 8.78. The number of pyridine rings is 1. The van der Waals surface area contributed by atoms with Crippen LogP contribution in [0.1, 0.15) is 13.3 Å². The maximum atomic E-state index is 11.1. The normalized spacial score (nSPS) is 10.3. The van der Waals surface area contributed by atoms with E-state index in [0.29, 0.717) is 12.2 Å². The summed E-state index contributed by atoms with van der Waals surface area (Å²) in [4.78, 5) is 19.9. The summed E-state index contributed by atoms with van der Waals surface area (Å²) in [7, 11) is 0. The van der Waals surface area contributed by atoms with Gasteiger partial charge in [-0.1, -0.05) is 0 Å². The molecule has 0 saturated heterocycles. The Hall–Kier alpha value is -0.581. The molecule has 0 radical (unpaired) electrons. The zero-order chi connectivity index (χ0) is 10.6. The summed E-state index contributed by atoms with van der Waals surface area (Å²) in [5.41, 5.74) is 0. The Labute approximate surface area is 91.2 Å². The predicted octanol–water partition coefficient (Wildman–Crippen LogP) is 1.09. The Balaban J connectivity index is 2.90. The molecule has 4 heteroatoms. The van der Waals surface area contributed by atoms with Gasteiger partial charge in [0.2, 0.25) is 0 Å². The second-order valence-corrected chi connectivity index (χ2v) is 11.5. The first kappa shape index (κ1) is 11.5. The number of hydrogen-bond donors (Lipinski definition) is 0. The molecule has 0 amide bonds. The molecule has 1 aromatic rings. The number of nitrogens with zero attached hydrogens (tertiary/aromatic N) is 1. The summed E-state index contributed by atoms with van der Waals surface area (Å²) >= 11 is -1.69. The van der Waals surface area contributed by atoms with Gasteiger partial charge in [-0.3, -0.25) is 0 Å². The number of ether oxygens (including phenoxy) is 1. The van der Waals surface area contributed by atoms with E-state index in [1.807, 2.05) is 6.07 Å². The van der Waals surface area contributed by atoms with E-state index < -0.39 is 19.8 Å². The molecule has 0 saturated carbocycles. The van der Waals surface area contributed by atoms with Crippen LogP contribution in [-0.2, 0) is 4.79 Å². The van der Waals surface area contributed by atoms with Gasteiger partial charge in [-0.05, 0) is 0 Å². The molecular weight excluding hydrogens is 285 g/mol. The number of rotatable bonds is 3. The third kappa shape index (κ3) is 2.97. The minimum atomic E-state index is -1.69. The van der Waals surface area contributed by atoms with E-state index in [1.54, 1.807) is 19.2 Å². The van der Waals surface area contributed by atoms with E-state index in [1.165, 1.54) is 0 Å². The van der Waals surface area contributed by atoms with Crippen molar-refractivity contribution in [2.45, 2.75) is 23.2 Å². The number of hydrogen-bond acceptors (Lipinski definition) is 3. The minimum absolute atomic E-state index is 0.189. The molecule has 0 bridgehead atoms. The molecule has 0 atom stereocenters. The van der Waals surface area contributed by atoms with Crippen LogP contribution in [0.25, 0.3) is 0 Å². The van der Waals surface area contributed by atoms with Crippen molar-refractivity contribution in [1.82, 2.24) is 4.98 Å². The van der Waals surface area contributed by atoms with Crippen LogP contribution >= 0.6 is 0 Å². The molecule has 76 valence electrons. The molecule has 0 aliphatic carbocycles. The van der Waals surface area contributed by atoms with E-state index in [-0.39, 0.29) is 5.97 Å². The maximum absolute atomic E-state index is 11.1. The second kappa shape index (κ2) is 5.34. The Morgan fingerprint density at radius 3 is 2.86 bits per heavy atom. The van der Waals surface area contributed by atoms with Gasteiger partial charge in [0.25, 0.3) is 0 Å². The Morgan fingerprint density at radius 2 is 2.29 bits per heavy atom. The van der Waals surface area contributed by atoms with Gasteiger partial charge in [0.15, 0.2) is 0 Å². The van der Waals surface area contributed by atoms with Crippen molar-refractivity contribution in [1.29, 1.82) is 0 Å². The third-order valence-electron chi connectivity index (χ3n) is 1.86. The fourth-order valence-electron chi connectivity index (χ4n) is 1.12. The summed E-state index contributed by atoms with van der Waals surface area (Å²) < 4.78 is 6.25. The van der Waals surface area contributed by atoms with Gasteiger partial charge in [-0.15, -0.1) is 0 Å². The molecule has 0 aliphatic heterocycles. The predicted molar refractivity (Wildman–Crippen MR) is 58.7 cm³/mol. The van der Waals surface area contributed by atoms with Gasteiger partial charge >= 0.3 is 91.3 Å². The molecule has 0 fully saturated rings. The van der Waals surface area contributed by atoms with Gasteiger partial charge in [0.05, 0.1) is 0 Å². The molecule has 0 spiro atoms. The van der Waals surface area contributed by atoms with Gasteiger partial charge in [-0.2, -0.15) is 0 Å². The number of carbonyl (C=O) groups is 1. The van der Waals surface area contributed by atoms with E-state index in [2.05, 4.69) is 14.9 Å².